The quantitative estimate of drug-likeness (QED) is 0.0759. The molecule has 0 atom stereocenters. The predicted molar refractivity (Wildman–Crippen MR) is 399 cm³/mol. The van der Waals surface area contributed by atoms with E-state index in [4.69, 9.17) is 16.6 Å². The minimum absolute atomic E-state index is 0. The minimum atomic E-state index is -0.621. The summed E-state index contributed by atoms with van der Waals surface area (Å²) >= 11 is 4.74. The first kappa shape index (κ1) is 97.5. The van der Waals surface area contributed by atoms with Gasteiger partial charge >= 0.3 is 55.4 Å². The Morgan fingerprint density at radius 3 is 1.09 bits per heavy atom. The van der Waals surface area contributed by atoms with E-state index in [0.717, 1.165) is 150 Å². The standard InChI is InChI=1S/C13H26N2.C13H23NO.2C9H15NO.C9H16O2.C8H16NO.C8H17N.C2H5.3CH4.3HI.V/c1-11-3-7-13(2,8-4-11)15-9-5-12(14)6-10-15;1-11-3-7-13(2,8-4-11)14-9-5-12(15)6-10-14;2*1-8-3-5-9(2,6-4-8)10-7-11;1-7-3-5-9(2,6-4-7)8(10)11;1-3-9(2)6-4-8(10)5-7-9;1-7-3-5-8(2,9)6-4-7;1-2;;;;;;;/h11-12H,3-10,14H2,1-2H3;11H,3-10H2,1-2H3;2*8H,3-6H2,1-2H3;7H,3-6H2,1-2H3,(H,10,11);3-7H2,1-2H3;7H,3-6,9H2,1-2H3;1H2,2H3;3*1H4;3*1H;/q;;;;;+1;;-1;;;;;;;+2/p-3. The molecule has 0 radical (unpaired) electrons. The maximum atomic E-state index is 11.2. The van der Waals surface area contributed by atoms with E-state index in [0.29, 0.717) is 38.2 Å². The van der Waals surface area contributed by atoms with Crippen molar-refractivity contribution in [3.63, 3.8) is 0 Å². The second-order valence-electron chi connectivity index (χ2n) is 30.8. The molecule has 17 heteroatoms. The van der Waals surface area contributed by atoms with Crippen LogP contribution in [0.3, 0.4) is 0 Å². The van der Waals surface area contributed by atoms with Crippen molar-refractivity contribution in [3.05, 3.63) is 6.92 Å². The number of isocyanates is 2. The predicted octanol–water partition coefficient (Wildman–Crippen LogP) is 16.1. The van der Waals surface area contributed by atoms with Gasteiger partial charge in [0, 0.05) is 61.7 Å². The molecule has 3 aliphatic heterocycles. The van der Waals surface area contributed by atoms with Crippen LogP contribution in [0.25, 0.3) is 0 Å². The Hall–Kier alpha value is 0.144. The van der Waals surface area contributed by atoms with Gasteiger partial charge in [0.1, 0.15) is 11.6 Å². The zero-order valence-electron chi connectivity index (χ0n) is 58.9. The molecule has 0 aromatic rings. The van der Waals surface area contributed by atoms with Gasteiger partial charge in [-0.15, -0.1) is 0 Å². The van der Waals surface area contributed by atoms with Gasteiger partial charge in [0.2, 0.25) is 12.2 Å². The number of aliphatic carboxylic acids is 1. The molecule has 3 saturated heterocycles. The van der Waals surface area contributed by atoms with Crippen LogP contribution < -0.4 is 35.4 Å². The number of nitrogens with two attached hydrogens (primary N) is 2. The summed E-state index contributed by atoms with van der Waals surface area (Å²) in [6.07, 6.45) is 37.8. The number of piperidine rings is 3. The number of carbonyl (C=O) groups excluding carboxylic acids is 4. The summed E-state index contributed by atoms with van der Waals surface area (Å²) in [5, 5.41) is 8.88. The Labute approximate surface area is 608 Å². The third-order valence-electron chi connectivity index (χ3n) is 22.4. The fraction of sp³-hybridized carbons (Fsp3) is 0.919. The summed E-state index contributed by atoms with van der Waals surface area (Å²) in [5.41, 5.74) is 12.4. The monoisotopic (exact) mass is 1660 g/mol. The third-order valence-corrected chi connectivity index (χ3v) is 22.4. The molecule has 5 N–H and O–H groups in total. The van der Waals surface area contributed by atoms with Crippen LogP contribution in [-0.2, 0) is 33.4 Å². The molecule has 9 aliphatic rings. The van der Waals surface area contributed by atoms with E-state index in [9.17, 15) is 24.0 Å². The van der Waals surface area contributed by atoms with E-state index in [1.807, 2.05) is 20.8 Å². The molecule has 0 spiro atoms. The van der Waals surface area contributed by atoms with E-state index in [1.165, 1.54) is 129 Å². The summed E-state index contributed by atoms with van der Waals surface area (Å²) in [4.78, 5) is 66.0. The van der Waals surface area contributed by atoms with E-state index >= 15 is 0 Å². The van der Waals surface area contributed by atoms with Gasteiger partial charge in [-0.1, -0.05) is 63.8 Å². The van der Waals surface area contributed by atoms with Gasteiger partial charge in [0.15, 0.2) is 0 Å². The van der Waals surface area contributed by atoms with Crippen molar-refractivity contribution in [2.45, 2.75) is 346 Å². The van der Waals surface area contributed by atoms with Crippen molar-refractivity contribution in [1.29, 1.82) is 0 Å². The number of nitrogens with zero attached hydrogens (tertiary/aromatic N) is 5. The molecule has 3 heterocycles. The molecule has 0 amide bonds. The topological polar surface area (TPSA) is 189 Å². The van der Waals surface area contributed by atoms with Crippen LogP contribution in [0.5, 0.6) is 0 Å². The first-order chi connectivity index (χ1) is 40.7. The van der Waals surface area contributed by atoms with Crippen molar-refractivity contribution in [2.75, 3.05) is 52.9 Å². The van der Waals surface area contributed by atoms with Gasteiger partial charge in [0.25, 0.3) is 0 Å². The van der Waals surface area contributed by atoms with Crippen molar-refractivity contribution in [1.82, 2.24) is 9.80 Å². The van der Waals surface area contributed by atoms with E-state index in [1.54, 1.807) is 19.1 Å². The fourth-order valence-corrected chi connectivity index (χ4v) is 13.7. The summed E-state index contributed by atoms with van der Waals surface area (Å²) in [5.74, 6) is 5.40. The number of hydrogen-bond acceptors (Lipinski definition) is 11. The molecule has 6 aliphatic carbocycles. The molecule has 0 aromatic heterocycles. The molecule has 91 heavy (non-hydrogen) atoms. The molecule has 13 nitrogen and oxygen atoms in total. The number of carboxylic acid groups (broad SMARTS) is 1. The molecule has 0 bridgehead atoms. The van der Waals surface area contributed by atoms with Gasteiger partial charge in [-0.3, -0.25) is 24.2 Å². The Morgan fingerprint density at radius 2 is 0.813 bits per heavy atom. The number of carboxylic acids is 1. The van der Waals surface area contributed by atoms with Crippen LogP contribution in [-0.4, -0.2) is 136 Å². The van der Waals surface area contributed by atoms with Crippen molar-refractivity contribution >= 4 is 69.7 Å². The SMILES string of the molecule is C.C.C.CC1CCC(C)(C(=O)O)CC1.CC1CCC(C)(N)CC1.CC1CCC(C)(N2CCC(=O)CC2)CC1.CC1CCC(C)(N2CCC(N)CC2)CC1.CC1CCC(C)(N=C=O)CC1.CC1CCC(C)(N=C=O)CC1.CC[N+]1(C)CCC(=O)CC1.[CH2-]C.[I-].[I][V][I]. The van der Waals surface area contributed by atoms with Gasteiger partial charge in [-0.25, -0.2) is 9.59 Å². The molecule has 6 saturated carbocycles. The van der Waals surface area contributed by atoms with Gasteiger partial charge < -0.3 is 52.0 Å². The molecule has 9 rings (SSSR count). The van der Waals surface area contributed by atoms with Crippen molar-refractivity contribution in [2.24, 2.45) is 62.4 Å². The summed E-state index contributed by atoms with van der Waals surface area (Å²) in [6.45, 7) is 41.7. The van der Waals surface area contributed by atoms with Crippen LogP contribution in [0.2, 0.25) is 0 Å². The number of ketones is 2. The average molecular weight is 1660 g/mol. The maximum absolute atomic E-state index is 11.2. The molecular weight excluding hydrogens is 1510 g/mol. The van der Waals surface area contributed by atoms with Gasteiger partial charge in [0.05, 0.1) is 56.0 Å². The first-order valence-corrected chi connectivity index (χ1v) is 43.7. The second kappa shape index (κ2) is 49.6. The van der Waals surface area contributed by atoms with E-state index < -0.39 is 11.4 Å². The number of hydrogen-bond donors (Lipinski definition) is 3. The van der Waals surface area contributed by atoms with Gasteiger partial charge in [-0.2, -0.15) is 16.9 Å². The van der Waals surface area contributed by atoms with Crippen LogP contribution in [0.4, 0.5) is 0 Å². The van der Waals surface area contributed by atoms with Crippen LogP contribution >= 0.6 is 40.0 Å². The summed E-state index contributed by atoms with van der Waals surface area (Å²) in [6, 6.07) is 0.465. The molecule has 9 fully saturated rings. The molecular formula is C74H145I3N7O6V-. The Kier molecular flexibility index (Phi) is 53.2. The average Bonchev–Trinajstić information content (AvgIpc) is 1.33. The van der Waals surface area contributed by atoms with Crippen LogP contribution in [0, 0.1) is 47.8 Å². The normalized spacial score (nSPS) is 34.4. The fourth-order valence-electron chi connectivity index (χ4n) is 13.7. The number of carbonyl (C=O) groups is 3. The Balaban J connectivity index is -0.000000479. The number of rotatable bonds is 6. The zero-order valence-corrected chi connectivity index (χ0v) is 66.7. The number of aliphatic imine (C=N–C) groups is 2. The summed E-state index contributed by atoms with van der Waals surface area (Å²) in [7, 11) is 2.86. The number of quaternary nitrogens is 1. The van der Waals surface area contributed by atoms with Crippen molar-refractivity contribution in [3.8, 4) is 0 Å². The molecule has 539 valence electrons. The van der Waals surface area contributed by atoms with Crippen molar-refractivity contribution < 1.29 is 67.0 Å². The number of likely N-dealkylation sites (tertiary alicyclic amines) is 3. The summed E-state index contributed by atoms with van der Waals surface area (Å²) < 4.78 is 1.09. The first-order valence-electron chi connectivity index (χ1n) is 34.7. The number of Topliss-reactive ketones (excluding diaryl/α,β-unsaturated/α-hetero) is 2. The third kappa shape index (κ3) is 39.5. The van der Waals surface area contributed by atoms with Gasteiger partial charge in [-0.05, 0) is 251 Å². The zero-order chi connectivity index (χ0) is 66.1. The Morgan fingerprint density at radius 1 is 0.549 bits per heavy atom. The number of halogens is 3. The van der Waals surface area contributed by atoms with Crippen LogP contribution in [0.15, 0.2) is 9.98 Å². The molecule has 0 unspecified atom stereocenters. The Bertz CT molecular complexity index is 1900. The van der Waals surface area contributed by atoms with Crippen LogP contribution in [0.1, 0.15) is 312 Å². The van der Waals surface area contributed by atoms with E-state index in [-0.39, 0.29) is 62.9 Å². The molecule has 0 aromatic carbocycles. The van der Waals surface area contributed by atoms with E-state index in [2.05, 4.69) is 143 Å². The second-order valence-corrected chi connectivity index (χ2v) is 42.6.